The van der Waals surface area contributed by atoms with E-state index in [1.54, 1.807) is 13.3 Å². The summed E-state index contributed by atoms with van der Waals surface area (Å²) in [5.74, 6) is 1.47. The second kappa shape index (κ2) is 4.96. The lowest BCUT2D eigenvalue weighted by atomic mass is 10.0. The van der Waals surface area contributed by atoms with E-state index in [9.17, 15) is 0 Å². The first-order valence-corrected chi connectivity index (χ1v) is 7.41. The minimum Gasteiger partial charge on any atom is -0.496 e. The number of aromatic nitrogens is 4. The number of rotatable bonds is 2. The Morgan fingerprint density at radius 2 is 2.04 bits per heavy atom. The lowest BCUT2D eigenvalue weighted by molar-refractivity contribution is 0.393. The van der Waals surface area contributed by atoms with Crippen LogP contribution in [0.1, 0.15) is 11.5 Å². The van der Waals surface area contributed by atoms with Crippen molar-refractivity contribution in [2.24, 2.45) is 0 Å². The number of aromatic amines is 1. The Bertz CT molecular complexity index is 1030. The molecule has 7 heteroatoms. The molecule has 0 aliphatic heterocycles. The van der Waals surface area contributed by atoms with Crippen molar-refractivity contribution in [1.29, 1.82) is 0 Å². The molecule has 0 fully saturated rings. The number of methoxy groups -OCH3 is 1. The van der Waals surface area contributed by atoms with E-state index >= 15 is 0 Å². The molecular weight excluding hydrogens is 316 g/mol. The maximum Gasteiger partial charge on any atom is 0.161 e. The molecule has 0 radical (unpaired) electrons. The smallest absolute Gasteiger partial charge is 0.161 e. The van der Waals surface area contributed by atoms with E-state index < -0.39 is 0 Å². The highest BCUT2D eigenvalue weighted by molar-refractivity contribution is 6.36. The van der Waals surface area contributed by atoms with Gasteiger partial charge < -0.3 is 14.2 Å². The quantitative estimate of drug-likeness (QED) is 0.600. The summed E-state index contributed by atoms with van der Waals surface area (Å²) in [6, 6.07) is 3.96. The molecule has 4 rings (SSSR count). The van der Waals surface area contributed by atoms with Crippen LogP contribution < -0.4 is 4.74 Å². The standard InChI is InChI=1S/C16H13ClN4O2/c1-7-14(8(2)23-21-7)10-4-11-9(5-13(10)22-3)15-12(19-11)6-18-20-16(15)17/h4-6,19H,1-3H3. The first-order valence-electron chi connectivity index (χ1n) is 7.04. The van der Waals surface area contributed by atoms with Gasteiger partial charge in [-0.3, -0.25) is 0 Å². The topological polar surface area (TPSA) is 76.8 Å². The van der Waals surface area contributed by atoms with E-state index in [0.717, 1.165) is 50.1 Å². The monoisotopic (exact) mass is 328 g/mol. The molecule has 0 atom stereocenters. The number of fused-ring (bicyclic) bond motifs is 3. The van der Waals surface area contributed by atoms with Crippen LogP contribution in [0.2, 0.25) is 5.15 Å². The summed E-state index contributed by atoms with van der Waals surface area (Å²) in [6.07, 6.45) is 1.66. The zero-order valence-corrected chi connectivity index (χ0v) is 13.5. The van der Waals surface area contributed by atoms with E-state index in [2.05, 4.69) is 20.3 Å². The second-order valence-electron chi connectivity index (χ2n) is 5.35. The van der Waals surface area contributed by atoms with Gasteiger partial charge in [0.05, 0.1) is 30.1 Å². The number of H-pyrrole nitrogens is 1. The van der Waals surface area contributed by atoms with Crippen LogP contribution in [-0.4, -0.2) is 27.4 Å². The molecule has 0 unspecified atom stereocenters. The normalized spacial score (nSPS) is 11.5. The summed E-state index contributed by atoms with van der Waals surface area (Å²) in [5.41, 5.74) is 4.42. The molecule has 0 amide bonds. The van der Waals surface area contributed by atoms with Crippen molar-refractivity contribution < 1.29 is 9.26 Å². The lowest BCUT2D eigenvalue weighted by Crippen LogP contribution is -1.90. The predicted molar refractivity (Wildman–Crippen MR) is 87.9 cm³/mol. The number of benzene rings is 1. The maximum absolute atomic E-state index is 6.20. The van der Waals surface area contributed by atoms with Gasteiger partial charge >= 0.3 is 0 Å². The Labute approximate surface area is 136 Å². The van der Waals surface area contributed by atoms with E-state index in [4.69, 9.17) is 20.9 Å². The van der Waals surface area contributed by atoms with Crippen LogP contribution in [0, 0.1) is 13.8 Å². The van der Waals surface area contributed by atoms with Crippen molar-refractivity contribution >= 4 is 33.4 Å². The molecule has 1 N–H and O–H groups in total. The molecule has 6 nitrogen and oxygen atoms in total. The van der Waals surface area contributed by atoms with Gasteiger partial charge in [0, 0.05) is 21.9 Å². The summed E-state index contributed by atoms with van der Waals surface area (Å²) in [6.45, 7) is 3.79. The van der Waals surface area contributed by atoms with Crippen molar-refractivity contribution in [1.82, 2.24) is 20.3 Å². The summed E-state index contributed by atoms with van der Waals surface area (Å²) in [7, 11) is 1.64. The Hall–Kier alpha value is -2.60. The van der Waals surface area contributed by atoms with E-state index in [0.29, 0.717) is 5.15 Å². The molecule has 0 aliphatic carbocycles. The van der Waals surface area contributed by atoms with Crippen LogP contribution in [0.3, 0.4) is 0 Å². The van der Waals surface area contributed by atoms with Gasteiger partial charge in [0.25, 0.3) is 0 Å². The van der Waals surface area contributed by atoms with Crippen molar-refractivity contribution in [2.75, 3.05) is 7.11 Å². The van der Waals surface area contributed by atoms with Gasteiger partial charge in [-0.2, -0.15) is 5.10 Å². The minimum absolute atomic E-state index is 0.362. The number of halogens is 1. The third kappa shape index (κ3) is 1.98. The van der Waals surface area contributed by atoms with Crippen LogP contribution in [0.4, 0.5) is 0 Å². The molecule has 116 valence electrons. The number of nitrogens with one attached hydrogen (secondary N) is 1. The summed E-state index contributed by atoms with van der Waals surface area (Å²) in [4.78, 5) is 3.32. The SMILES string of the molecule is COc1cc2c(cc1-c1c(C)noc1C)[nH]c1cnnc(Cl)c12. The van der Waals surface area contributed by atoms with Crippen LogP contribution in [0.5, 0.6) is 5.75 Å². The van der Waals surface area contributed by atoms with Gasteiger partial charge in [-0.05, 0) is 26.0 Å². The van der Waals surface area contributed by atoms with Crippen LogP contribution in [0.15, 0.2) is 22.9 Å². The van der Waals surface area contributed by atoms with E-state index in [1.807, 2.05) is 26.0 Å². The van der Waals surface area contributed by atoms with Gasteiger partial charge in [-0.15, -0.1) is 5.10 Å². The molecule has 3 heterocycles. The van der Waals surface area contributed by atoms with Crippen molar-refractivity contribution in [2.45, 2.75) is 13.8 Å². The molecule has 3 aromatic heterocycles. The fourth-order valence-electron chi connectivity index (χ4n) is 2.98. The Kier molecular flexibility index (Phi) is 3.02. The fourth-order valence-corrected chi connectivity index (χ4v) is 3.23. The number of nitrogens with zero attached hydrogens (tertiary/aromatic N) is 3. The molecule has 0 bridgehead atoms. The van der Waals surface area contributed by atoms with Crippen LogP contribution >= 0.6 is 11.6 Å². The first kappa shape index (κ1) is 14.0. The average molecular weight is 329 g/mol. The molecule has 4 aromatic rings. The average Bonchev–Trinajstić information content (AvgIpc) is 3.06. The zero-order valence-electron chi connectivity index (χ0n) is 12.8. The van der Waals surface area contributed by atoms with Crippen molar-refractivity contribution in [3.63, 3.8) is 0 Å². The summed E-state index contributed by atoms with van der Waals surface area (Å²) < 4.78 is 10.9. The number of hydrogen-bond donors (Lipinski definition) is 1. The molecule has 1 aromatic carbocycles. The number of ether oxygens (including phenoxy) is 1. The van der Waals surface area contributed by atoms with Gasteiger partial charge in [-0.1, -0.05) is 16.8 Å². The van der Waals surface area contributed by atoms with Gasteiger partial charge in [0.1, 0.15) is 11.5 Å². The minimum atomic E-state index is 0.362. The molecule has 0 spiro atoms. The Morgan fingerprint density at radius 3 is 2.74 bits per heavy atom. The largest absolute Gasteiger partial charge is 0.496 e. The Balaban J connectivity index is 2.11. The summed E-state index contributed by atoms with van der Waals surface area (Å²) >= 11 is 6.20. The molecule has 23 heavy (non-hydrogen) atoms. The third-order valence-corrected chi connectivity index (χ3v) is 4.25. The zero-order chi connectivity index (χ0) is 16.1. The summed E-state index contributed by atoms with van der Waals surface area (Å²) in [5, 5.41) is 14.0. The van der Waals surface area contributed by atoms with E-state index in [-0.39, 0.29) is 0 Å². The molecule has 0 saturated carbocycles. The fraction of sp³-hybridized carbons (Fsp3) is 0.188. The van der Waals surface area contributed by atoms with Gasteiger partial charge in [0.15, 0.2) is 5.15 Å². The van der Waals surface area contributed by atoms with Crippen LogP contribution in [0.25, 0.3) is 32.9 Å². The van der Waals surface area contributed by atoms with Crippen molar-refractivity contribution in [3.05, 3.63) is 34.9 Å². The highest BCUT2D eigenvalue weighted by Gasteiger charge is 2.19. The van der Waals surface area contributed by atoms with Gasteiger partial charge in [-0.25, -0.2) is 0 Å². The van der Waals surface area contributed by atoms with Crippen molar-refractivity contribution in [3.8, 4) is 16.9 Å². The lowest BCUT2D eigenvalue weighted by Gasteiger charge is -2.09. The maximum atomic E-state index is 6.20. The molecule has 0 aliphatic rings. The van der Waals surface area contributed by atoms with E-state index in [1.165, 1.54) is 0 Å². The predicted octanol–water partition coefficient (Wildman–Crippen LogP) is 4.04. The number of hydrogen-bond acceptors (Lipinski definition) is 5. The molecular formula is C16H13ClN4O2. The Morgan fingerprint density at radius 1 is 1.22 bits per heavy atom. The highest BCUT2D eigenvalue weighted by Crippen LogP contribution is 2.40. The third-order valence-electron chi connectivity index (χ3n) is 3.99. The van der Waals surface area contributed by atoms with Crippen LogP contribution in [-0.2, 0) is 0 Å². The molecule has 0 saturated heterocycles. The first-order chi connectivity index (χ1) is 11.1. The number of aryl methyl sites for hydroxylation is 2. The second-order valence-corrected chi connectivity index (χ2v) is 5.70. The van der Waals surface area contributed by atoms with Gasteiger partial charge in [0.2, 0.25) is 0 Å². The highest BCUT2D eigenvalue weighted by atomic mass is 35.5.